The third-order valence-corrected chi connectivity index (χ3v) is 9.30. The van der Waals surface area contributed by atoms with E-state index >= 15 is 0 Å². The van der Waals surface area contributed by atoms with Gasteiger partial charge in [0.15, 0.2) is 0 Å². The molecule has 0 saturated carbocycles. The number of aromatic nitrogens is 2. The minimum Gasteiger partial charge on any atom is -0.497 e. The zero-order chi connectivity index (χ0) is 31.2. The highest BCUT2D eigenvalue weighted by Gasteiger charge is 2.51. The topological polar surface area (TPSA) is 73.7 Å². The van der Waals surface area contributed by atoms with E-state index in [4.69, 9.17) is 37.8 Å². The van der Waals surface area contributed by atoms with Crippen molar-refractivity contribution in [3.05, 3.63) is 135 Å². The highest BCUT2D eigenvalue weighted by Crippen LogP contribution is 2.44. The van der Waals surface area contributed by atoms with Crippen LogP contribution in [0.3, 0.4) is 0 Å². The lowest BCUT2D eigenvalue weighted by atomic mass is 9.90. The maximum Gasteiger partial charge on any atom is 0.417 e. The van der Waals surface area contributed by atoms with Crippen LogP contribution in [0.15, 0.2) is 97.1 Å². The summed E-state index contributed by atoms with van der Waals surface area (Å²) in [5, 5.41) is 5.87. The van der Waals surface area contributed by atoms with Gasteiger partial charge < -0.3 is 9.47 Å². The second-order valence-corrected chi connectivity index (χ2v) is 12.2. The summed E-state index contributed by atoms with van der Waals surface area (Å²) >= 11 is 12.7. The van der Waals surface area contributed by atoms with E-state index < -0.39 is 24.2 Å². The zero-order valence-corrected chi connectivity index (χ0v) is 26.1. The highest BCUT2D eigenvalue weighted by molar-refractivity contribution is 6.42. The number of imide groups is 1. The smallest absolute Gasteiger partial charge is 0.417 e. The molecule has 0 radical (unpaired) electrons. The summed E-state index contributed by atoms with van der Waals surface area (Å²) in [4.78, 5) is 29.1. The Morgan fingerprint density at radius 1 is 0.978 bits per heavy atom. The van der Waals surface area contributed by atoms with Crippen LogP contribution >= 0.6 is 23.2 Å². The van der Waals surface area contributed by atoms with Crippen molar-refractivity contribution < 1.29 is 19.1 Å². The Kier molecular flexibility index (Phi) is 7.59. The Hall–Kier alpha value is -4.59. The molecule has 0 bridgehead atoms. The van der Waals surface area contributed by atoms with Crippen LogP contribution in [0, 0.1) is 6.92 Å². The van der Waals surface area contributed by atoms with Gasteiger partial charge in [-0.05, 0) is 66.1 Å². The molecule has 226 valence electrons. The van der Waals surface area contributed by atoms with Crippen LogP contribution in [-0.4, -0.2) is 39.9 Å². The third-order valence-electron chi connectivity index (χ3n) is 8.56. The number of ether oxygens (including phenoxy) is 2. The fourth-order valence-electron chi connectivity index (χ4n) is 6.40. The van der Waals surface area contributed by atoms with Crippen LogP contribution in [0.2, 0.25) is 10.0 Å². The minimum atomic E-state index is -0.690. The number of rotatable bonds is 7. The summed E-state index contributed by atoms with van der Waals surface area (Å²) in [6.45, 7) is 1.99. The van der Waals surface area contributed by atoms with Crippen LogP contribution in [-0.2, 0) is 22.4 Å². The minimum absolute atomic E-state index is 0.253. The Morgan fingerprint density at radius 2 is 1.78 bits per heavy atom. The average molecular weight is 639 g/mol. The molecule has 7 rings (SSSR count). The summed E-state index contributed by atoms with van der Waals surface area (Å²) in [5.74, 6) is -0.286. The summed E-state index contributed by atoms with van der Waals surface area (Å²) < 4.78 is 12.9. The van der Waals surface area contributed by atoms with Crippen molar-refractivity contribution in [2.24, 2.45) is 0 Å². The number of benzene rings is 4. The number of fused-ring (bicyclic) bond motifs is 3. The van der Waals surface area contributed by atoms with Crippen molar-refractivity contribution >= 4 is 35.2 Å². The SMILES string of the molecule is COc1ccc(-n2nc(CC(C(=O)N3C(=O)O[C@@H]4Cc5ccccc5[C@@H]43)c3cccc(C)c3)cc2-c2ccc(Cl)c(Cl)c2)cc1. The Bertz CT molecular complexity index is 1940. The average Bonchev–Trinajstić information content (AvgIpc) is 3.72. The van der Waals surface area contributed by atoms with Gasteiger partial charge in [-0.3, -0.25) is 4.79 Å². The maximum atomic E-state index is 14.6. The monoisotopic (exact) mass is 637 g/mol. The Morgan fingerprint density at radius 3 is 2.53 bits per heavy atom. The van der Waals surface area contributed by atoms with Crippen LogP contribution in [0.25, 0.3) is 16.9 Å². The molecule has 1 aliphatic heterocycles. The van der Waals surface area contributed by atoms with Gasteiger partial charge in [0.2, 0.25) is 5.91 Å². The number of halogens is 2. The lowest BCUT2D eigenvalue weighted by molar-refractivity contribution is -0.131. The van der Waals surface area contributed by atoms with E-state index in [-0.39, 0.29) is 12.3 Å². The van der Waals surface area contributed by atoms with E-state index in [1.165, 1.54) is 4.90 Å². The molecule has 9 heteroatoms. The molecule has 4 aromatic carbocycles. The molecule has 7 nitrogen and oxygen atoms in total. The largest absolute Gasteiger partial charge is 0.497 e. The summed E-state index contributed by atoms with van der Waals surface area (Å²) in [7, 11) is 1.62. The van der Waals surface area contributed by atoms with Crippen molar-refractivity contribution in [2.45, 2.75) is 37.8 Å². The number of carbonyl (C=O) groups is 2. The number of hydrogen-bond donors (Lipinski definition) is 0. The first-order valence-corrected chi connectivity index (χ1v) is 15.4. The zero-order valence-electron chi connectivity index (χ0n) is 24.6. The van der Waals surface area contributed by atoms with Crippen molar-refractivity contribution in [1.82, 2.24) is 14.7 Å². The first kappa shape index (κ1) is 29.1. The molecule has 0 N–H and O–H groups in total. The summed E-state index contributed by atoms with van der Waals surface area (Å²) in [6.07, 6.45) is -0.164. The first-order chi connectivity index (χ1) is 21.8. The van der Waals surface area contributed by atoms with Gasteiger partial charge >= 0.3 is 6.09 Å². The lowest BCUT2D eigenvalue weighted by Gasteiger charge is -2.25. The van der Waals surface area contributed by atoms with Crippen molar-refractivity contribution in [2.75, 3.05) is 7.11 Å². The number of carbonyl (C=O) groups excluding carboxylic acids is 2. The van der Waals surface area contributed by atoms with Gasteiger partial charge in [-0.15, -0.1) is 0 Å². The number of nitrogens with zero attached hydrogens (tertiary/aromatic N) is 3. The Labute approximate surface area is 270 Å². The molecule has 1 fully saturated rings. The maximum absolute atomic E-state index is 14.6. The summed E-state index contributed by atoms with van der Waals surface area (Å²) in [6, 6.07) is 30.2. The number of hydrogen-bond acceptors (Lipinski definition) is 5. The molecule has 1 saturated heterocycles. The lowest BCUT2D eigenvalue weighted by Crippen LogP contribution is -2.38. The molecule has 0 spiro atoms. The van der Waals surface area contributed by atoms with Gasteiger partial charge in [-0.2, -0.15) is 5.10 Å². The molecule has 1 aliphatic carbocycles. The van der Waals surface area contributed by atoms with Gasteiger partial charge in [0.25, 0.3) is 0 Å². The van der Waals surface area contributed by atoms with E-state index in [2.05, 4.69) is 0 Å². The molecule has 1 aromatic heterocycles. The molecule has 2 amide bonds. The predicted molar refractivity (Wildman–Crippen MR) is 173 cm³/mol. The van der Waals surface area contributed by atoms with Gasteiger partial charge in [0.05, 0.1) is 40.1 Å². The normalized spacial score (nSPS) is 17.5. The second kappa shape index (κ2) is 11.7. The molecule has 2 heterocycles. The molecule has 2 aliphatic rings. The van der Waals surface area contributed by atoms with E-state index in [0.717, 1.165) is 44.9 Å². The van der Waals surface area contributed by atoms with Crippen molar-refractivity contribution in [3.63, 3.8) is 0 Å². The molecular weight excluding hydrogens is 609 g/mol. The van der Waals surface area contributed by atoms with Gasteiger partial charge in [0.1, 0.15) is 17.9 Å². The fourth-order valence-corrected chi connectivity index (χ4v) is 6.70. The molecular formula is C36H29Cl2N3O4. The van der Waals surface area contributed by atoms with Crippen molar-refractivity contribution in [3.8, 4) is 22.7 Å². The number of aryl methyl sites for hydroxylation is 1. The second-order valence-electron chi connectivity index (χ2n) is 11.4. The number of amides is 2. The van der Waals surface area contributed by atoms with Gasteiger partial charge in [0, 0.05) is 18.4 Å². The van der Waals surface area contributed by atoms with Crippen LogP contribution in [0.5, 0.6) is 5.75 Å². The number of methoxy groups -OCH3 is 1. The van der Waals surface area contributed by atoms with Crippen LogP contribution in [0.4, 0.5) is 4.79 Å². The molecule has 3 atom stereocenters. The van der Waals surface area contributed by atoms with E-state index in [1.807, 2.05) is 96.5 Å². The third kappa shape index (κ3) is 5.36. The first-order valence-electron chi connectivity index (χ1n) is 14.7. The predicted octanol–water partition coefficient (Wildman–Crippen LogP) is 8.13. The van der Waals surface area contributed by atoms with Gasteiger partial charge in [-0.1, -0.05) is 83.4 Å². The summed E-state index contributed by atoms with van der Waals surface area (Å²) in [5.41, 5.74) is 6.92. The van der Waals surface area contributed by atoms with E-state index in [0.29, 0.717) is 22.2 Å². The molecule has 45 heavy (non-hydrogen) atoms. The fraction of sp³-hybridized carbons (Fsp3) is 0.194. The van der Waals surface area contributed by atoms with Gasteiger partial charge in [-0.25, -0.2) is 14.4 Å². The molecule has 5 aromatic rings. The van der Waals surface area contributed by atoms with Crippen LogP contribution < -0.4 is 4.74 Å². The van der Waals surface area contributed by atoms with E-state index in [1.54, 1.807) is 19.2 Å². The highest BCUT2D eigenvalue weighted by atomic mass is 35.5. The molecule has 1 unspecified atom stereocenters. The quantitative estimate of drug-likeness (QED) is 0.180. The van der Waals surface area contributed by atoms with Crippen LogP contribution in [0.1, 0.15) is 39.9 Å². The standard InChI is InChI=1S/C36H29Cl2N3O4/c1-21-6-5-8-22(16-21)29(35(42)40-34-28-9-4-3-7-23(28)18-33(34)45-36(40)43)19-25-20-32(24-10-15-30(37)31(38)17-24)41(39-25)26-11-13-27(44-2)14-12-26/h3-17,20,29,33-34H,18-19H2,1-2H3/t29?,33-,34+/m1/s1. The van der Waals surface area contributed by atoms with E-state index in [9.17, 15) is 9.59 Å². The Balaban J connectivity index is 1.31. The van der Waals surface area contributed by atoms with Crippen molar-refractivity contribution in [1.29, 1.82) is 0 Å².